The summed E-state index contributed by atoms with van der Waals surface area (Å²) in [5.74, 6) is -0.153. The normalized spacial score (nSPS) is 11.5. The van der Waals surface area contributed by atoms with Gasteiger partial charge in [-0.2, -0.15) is 13.2 Å². The molecule has 0 aliphatic carbocycles. The van der Waals surface area contributed by atoms with E-state index in [2.05, 4.69) is 15.3 Å². The van der Waals surface area contributed by atoms with E-state index in [0.29, 0.717) is 11.3 Å². The van der Waals surface area contributed by atoms with E-state index in [-0.39, 0.29) is 18.2 Å². The smallest absolute Gasteiger partial charge is 0.433 e. The molecule has 0 aliphatic rings. The van der Waals surface area contributed by atoms with Gasteiger partial charge in [0.15, 0.2) is 5.69 Å². The van der Waals surface area contributed by atoms with Gasteiger partial charge in [-0.25, -0.2) is 14.4 Å². The molecule has 0 bridgehead atoms. The maximum atomic E-state index is 13.0. The number of nitrogens with zero attached hydrogens (tertiary/aromatic N) is 2. The van der Waals surface area contributed by atoms with Crippen LogP contribution in [-0.2, 0) is 12.7 Å². The van der Waals surface area contributed by atoms with Crippen LogP contribution in [0.3, 0.4) is 0 Å². The van der Waals surface area contributed by atoms with E-state index in [4.69, 9.17) is 4.42 Å². The fourth-order valence-corrected chi connectivity index (χ4v) is 2.02. The van der Waals surface area contributed by atoms with Crippen molar-refractivity contribution in [1.29, 1.82) is 0 Å². The molecule has 2 heterocycles. The summed E-state index contributed by atoms with van der Waals surface area (Å²) in [5, 5.41) is 2.69. The highest BCUT2D eigenvalue weighted by molar-refractivity contribution is 5.61. The largest absolute Gasteiger partial charge is 0.467 e. The van der Waals surface area contributed by atoms with E-state index in [0.717, 1.165) is 18.2 Å². The number of rotatable bonds is 4. The van der Waals surface area contributed by atoms with Crippen LogP contribution in [0.25, 0.3) is 11.3 Å². The highest BCUT2D eigenvalue weighted by Crippen LogP contribution is 2.31. The van der Waals surface area contributed by atoms with Crippen LogP contribution in [0, 0.1) is 5.82 Å². The highest BCUT2D eigenvalue weighted by atomic mass is 19.4. The summed E-state index contributed by atoms with van der Waals surface area (Å²) in [6, 6.07) is 9.17. The Labute approximate surface area is 134 Å². The maximum Gasteiger partial charge on any atom is 0.433 e. The van der Waals surface area contributed by atoms with Gasteiger partial charge in [-0.3, -0.25) is 0 Å². The Balaban J connectivity index is 1.95. The first-order valence-electron chi connectivity index (χ1n) is 6.90. The van der Waals surface area contributed by atoms with Crippen LogP contribution >= 0.6 is 0 Å². The van der Waals surface area contributed by atoms with Crippen LogP contribution in [0.2, 0.25) is 0 Å². The minimum Gasteiger partial charge on any atom is -0.467 e. The fraction of sp³-hybridized carbons (Fsp3) is 0.125. The maximum absolute atomic E-state index is 13.0. The van der Waals surface area contributed by atoms with Crippen molar-refractivity contribution in [3.8, 4) is 11.3 Å². The Kier molecular flexibility index (Phi) is 4.20. The third-order valence-electron chi connectivity index (χ3n) is 3.16. The van der Waals surface area contributed by atoms with Crippen molar-refractivity contribution in [1.82, 2.24) is 9.97 Å². The number of halogens is 4. The second kappa shape index (κ2) is 6.31. The molecule has 1 aromatic carbocycles. The zero-order chi connectivity index (χ0) is 17.2. The zero-order valence-electron chi connectivity index (χ0n) is 12.1. The lowest BCUT2D eigenvalue weighted by molar-refractivity contribution is -0.141. The van der Waals surface area contributed by atoms with Gasteiger partial charge in [0.1, 0.15) is 11.6 Å². The molecule has 3 aromatic rings. The van der Waals surface area contributed by atoms with Crippen molar-refractivity contribution in [3.63, 3.8) is 0 Å². The number of hydrogen-bond donors (Lipinski definition) is 1. The van der Waals surface area contributed by atoms with Gasteiger partial charge in [-0.15, -0.1) is 0 Å². The van der Waals surface area contributed by atoms with E-state index in [9.17, 15) is 17.6 Å². The van der Waals surface area contributed by atoms with Crippen LogP contribution in [0.15, 0.2) is 53.1 Å². The van der Waals surface area contributed by atoms with E-state index in [1.807, 2.05) is 0 Å². The Morgan fingerprint density at radius 2 is 1.79 bits per heavy atom. The number of anilines is 1. The molecule has 0 saturated carbocycles. The lowest BCUT2D eigenvalue weighted by Crippen LogP contribution is -2.12. The number of furan rings is 1. The summed E-state index contributed by atoms with van der Waals surface area (Å²) in [6.45, 7) is 0.136. The predicted octanol–water partition coefficient (Wildman–Crippen LogP) is 4.51. The van der Waals surface area contributed by atoms with E-state index in [1.165, 1.54) is 18.4 Å². The van der Waals surface area contributed by atoms with Gasteiger partial charge < -0.3 is 9.73 Å². The Morgan fingerprint density at radius 1 is 1.04 bits per heavy atom. The fourth-order valence-electron chi connectivity index (χ4n) is 2.02. The first-order valence-corrected chi connectivity index (χ1v) is 6.90. The lowest BCUT2D eigenvalue weighted by Gasteiger charge is -2.11. The summed E-state index contributed by atoms with van der Waals surface area (Å²) in [5.41, 5.74) is -0.691. The average molecular weight is 337 g/mol. The number of benzene rings is 1. The summed E-state index contributed by atoms with van der Waals surface area (Å²) in [4.78, 5) is 7.54. The number of aromatic nitrogens is 2. The molecule has 0 fully saturated rings. The summed E-state index contributed by atoms with van der Waals surface area (Å²) in [6.07, 6.45) is -3.17. The first kappa shape index (κ1) is 16.0. The molecule has 0 spiro atoms. The van der Waals surface area contributed by atoms with Crippen molar-refractivity contribution >= 4 is 5.95 Å². The third-order valence-corrected chi connectivity index (χ3v) is 3.16. The van der Waals surface area contributed by atoms with Gasteiger partial charge in [0.25, 0.3) is 0 Å². The Hall–Kier alpha value is -2.90. The minimum atomic E-state index is -4.63. The van der Waals surface area contributed by atoms with Gasteiger partial charge in [-0.1, -0.05) is 0 Å². The summed E-state index contributed by atoms with van der Waals surface area (Å²) in [7, 11) is 0. The number of hydrogen-bond acceptors (Lipinski definition) is 4. The van der Waals surface area contributed by atoms with Gasteiger partial charge in [-0.05, 0) is 42.5 Å². The van der Waals surface area contributed by atoms with Crippen LogP contribution in [0.4, 0.5) is 23.5 Å². The quantitative estimate of drug-likeness (QED) is 0.712. The third kappa shape index (κ3) is 3.70. The molecule has 0 aliphatic heterocycles. The summed E-state index contributed by atoms with van der Waals surface area (Å²) >= 11 is 0. The van der Waals surface area contributed by atoms with Crippen molar-refractivity contribution in [2.24, 2.45) is 0 Å². The molecule has 1 N–H and O–H groups in total. The monoisotopic (exact) mass is 337 g/mol. The van der Waals surface area contributed by atoms with Crippen LogP contribution < -0.4 is 5.32 Å². The van der Waals surface area contributed by atoms with Gasteiger partial charge >= 0.3 is 6.18 Å². The highest BCUT2D eigenvalue weighted by Gasteiger charge is 2.33. The molecule has 124 valence electrons. The minimum absolute atomic E-state index is 0.0410. The van der Waals surface area contributed by atoms with Gasteiger partial charge in [0.05, 0.1) is 18.5 Å². The van der Waals surface area contributed by atoms with Crippen LogP contribution in [0.1, 0.15) is 11.5 Å². The van der Waals surface area contributed by atoms with Crippen molar-refractivity contribution < 1.29 is 22.0 Å². The molecule has 0 amide bonds. The van der Waals surface area contributed by atoms with Gasteiger partial charge in [0.2, 0.25) is 5.95 Å². The van der Waals surface area contributed by atoms with E-state index < -0.39 is 17.7 Å². The Morgan fingerprint density at radius 3 is 2.42 bits per heavy atom. The van der Waals surface area contributed by atoms with E-state index >= 15 is 0 Å². The summed E-state index contributed by atoms with van der Waals surface area (Å²) < 4.78 is 57.2. The second-order valence-corrected chi connectivity index (χ2v) is 4.90. The molecule has 8 heteroatoms. The predicted molar refractivity (Wildman–Crippen MR) is 78.5 cm³/mol. The average Bonchev–Trinajstić information content (AvgIpc) is 3.06. The van der Waals surface area contributed by atoms with Crippen molar-refractivity contribution in [2.45, 2.75) is 12.7 Å². The molecule has 3 rings (SSSR count). The molecular formula is C16H11F4N3O. The van der Waals surface area contributed by atoms with Gasteiger partial charge in [0, 0.05) is 5.56 Å². The molecule has 4 nitrogen and oxygen atoms in total. The number of nitrogens with one attached hydrogen (secondary N) is 1. The van der Waals surface area contributed by atoms with Crippen molar-refractivity contribution in [3.05, 3.63) is 66.0 Å². The number of alkyl halides is 3. The molecule has 0 unspecified atom stereocenters. The Bertz CT molecular complexity index is 814. The molecular weight excluding hydrogens is 326 g/mol. The molecule has 0 atom stereocenters. The lowest BCUT2D eigenvalue weighted by atomic mass is 10.1. The first-order chi connectivity index (χ1) is 11.4. The molecule has 0 radical (unpaired) electrons. The standard InChI is InChI=1S/C16H11F4N3O/c17-11-5-3-10(4-6-11)13-8-14(16(18,19)20)23-15(22-13)21-9-12-2-1-7-24-12/h1-8H,9H2,(H,21,22,23). The zero-order valence-corrected chi connectivity index (χ0v) is 12.1. The van der Waals surface area contributed by atoms with Crippen LogP contribution in [-0.4, -0.2) is 9.97 Å². The molecule has 0 saturated heterocycles. The molecule has 2 aromatic heterocycles. The van der Waals surface area contributed by atoms with Crippen LogP contribution in [0.5, 0.6) is 0 Å². The molecule has 24 heavy (non-hydrogen) atoms. The van der Waals surface area contributed by atoms with E-state index in [1.54, 1.807) is 12.1 Å². The van der Waals surface area contributed by atoms with Crippen molar-refractivity contribution in [2.75, 3.05) is 5.32 Å². The topological polar surface area (TPSA) is 51.0 Å². The second-order valence-electron chi connectivity index (χ2n) is 4.90. The SMILES string of the molecule is Fc1ccc(-c2cc(C(F)(F)F)nc(NCc3ccco3)n2)cc1.